The second-order valence-electron chi connectivity index (χ2n) is 5.84. The molecule has 21 heavy (non-hydrogen) atoms. The van der Waals surface area contributed by atoms with Gasteiger partial charge in [0.2, 0.25) is 0 Å². The molecular formula is C18H27NO2. The number of rotatable bonds is 7. The van der Waals surface area contributed by atoms with Crippen LogP contribution in [0.2, 0.25) is 0 Å². The van der Waals surface area contributed by atoms with Crippen molar-refractivity contribution in [3.8, 4) is 0 Å². The number of carbonyl (C=O) groups is 1. The van der Waals surface area contributed by atoms with Crippen molar-refractivity contribution in [2.75, 3.05) is 26.2 Å². The number of ketones is 1. The number of aryl methyl sites for hydroxylation is 1. The molecule has 1 aromatic carbocycles. The van der Waals surface area contributed by atoms with Crippen LogP contribution in [0.15, 0.2) is 24.3 Å². The van der Waals surface area contributed by atoms with Gasteiger partial charge in [0.15, 0.2) is 5.78 Å². The van der Waals surface area contributed by atoms with Gasteiger partial charge in [-0.1, -0.05) is 24.3 Å². The number of ether oxygens (including phenoxy) is 1. The molecule has 0 atom stereocenters. The highest BCUT2D eigenvalue weighted by Crippen LogP contribution is 2.15. The first-order valence-corrected chi connectivity index (χ1v) is 8.13. The predicted octanol–water partition coefficient (Wildman–Crippen LogP) is 3.46. The molecule has 1 aliphatic heterocycles. The van der Waals surface area contributed by atoms with E-state index in [1.807, 2.05) is 31.2 Å². The summed E-state index contributed by atoms with van der Waals surface area (Å²) in [5, 5.41) is 0. The molecule has 0 spiro atoms. The summed E-state index contributed by atoms with van der Waals surface area (Å²) in [6.45, 7) is 8.10. The molecule has 1 aromatic rings. The first-order chi connectivity index (χ1) is 10.2. The minimum absolute atomic E-state index is 0.275. The Labute approximate surface area is 128 Å². The van der Waals surface area contributed by atoms with E-state index < -0.39 is 0 Å². The van der Waals surface area contributed by atoms with Crippen molar-refractivity contribution in [3.63, 3.8) is 0 Å². The lowest BCUT2D eigenvalue weighted by molar-refractivity contribution is 0.0140. The van der Waals surface area contributed by atoms with E-state index in [9.17, 15) is 4.79 Å². The predicted molar refractivity (Wildman–Crippen MR) is 85.8 cm³/mol. The van der Waals surface area contributed by atoms with E-state index in [0.717, 1.165) is 56.6 Å². The van der Waals surface area contributed by atoms with E-state index in [1.54, 1.807) is 0 Å². The summed E-state index contributed by atoms with van der Waals surface area (Å²) in [6, 6.07) is 7.87. The monoisotopic (exact) mass is 289 g/mol. The van der Waals surface area contributed by atoms with E-state index in [1.165, 1.54) is 0 Å². The van der Waals surface area contributed by atoms with Crippen LogP contribution in [-0.4, -0.2) is 43.0 Å². The van der Waals surface area contributed by atoms with Crippen molar-refractivity contribution in [1.82, 2.24) is 4.90 Å². The third-order valence-corrected chi connectivity index (χ3v) is 4.26. The zero-order chi connectivity index (χ0) is 15.1. The lowest BCUT2D eigenvalue weighted by Gasteiger charge is -2.31. The van der Waals surface area contributed by atoms with E-state index in [0.29, 0.717) is 12.5 Å². The van der Waals surface area contributed by atoms with Crippen LogP contribution in [0.3, 0.4) is 0 Å². The largest absolute Gasteiger partial charge is 0.378 e. The van der Waals surface area contributed by atoms with Gasteiger partial charge in [0.1, 0.15) is 0 Å². The zero-order valence-corrected chi connectivity index (χ0v) is 13.3. The molecule has 0 amide bonds. The Balaban J connectivity index is 1.68. The van der Waals surface area contributed by atoms with Gasteiger partial charge < -0.3 is 9.64 Å². The first-order valence-electron chi connectivity index (χ1n) is 8.13. The highest BCUT2D eigenvalue weighted by Gasteiger charge is 2.19. The van der Waals surface area contributed by atoms with Gasteiger partial charge in [-0.3, -0.25) is 4.79 Å². The van der Waals surface area contributed by atoms with Crippen molar-refractivity contribution in [2.24, 2.45) is 0 Å². The number of carbonyl (C=O) groups excluding carboxylic acids is 1. The third-order valence-electron chi connectivity index (χ3n) is 4.26. The van der Waals surface area contributed by atoms with Crippen LogP contribution in [0.25, 0.3) is 0 Å². The van der Waals surface area contributed by atoms with E-state index in [-0.39, 0.29) is 5.78 Å². The average molecular weight is 289 g/mol. The summed E-state index contributed by atoms with van der Waals surface area (Å²) >= 11 is 0. The van der Waals surface area contributed by atoms with E-state index >= 15 is 0 Å². The van der Waals surface area contributed by atoms with Gasteiger partial charge in [0.25, 0.3) is 0 Å². The molecule has 0 radical (unpaired) electrons. The smallest absolute Gasteiger partial charge is 0.163 e. The summed E-state index contributed by atoms with van der Waals surface area (Å²) < 4.78 is 5.66. The normalized spacial score (nSPS) is 17.0. The molecule has 0 aliphatic carbocycles. The lowest BCUT2D eigenvalue weighted by Crippen LogP contribution is -2.37. The van der Waals surface area contributed by atoms with Gasteiger partial charge >= 0.3 is 0 Å². The molecule has 0 N–H and O–H groups in total. The van der Waals surface area contributed by atoms with E-state index in [2.05, 4.69) is 11.8 Å². The van der Waals surface area contributed by atoms with Gasteiger partial charge in [-0.15, -0.1) is 0 Å². The zero-order valence-electron chi connectivity index (χ0n) is 13.3. The number of benzene rings is 1. The summed E-state index contributed by atoms with van der Waals surface area (Å²) in [4.78, 5) is 14.7. The highest BCUT2D eigenvalue weighted by molar-refractivity contribution is 5.97. The fourth-order valence-electron chi connectivity index (χ4n) is 3.02. The van der Waals surface area contributed by atoms with Gasteiger partial charge in [0.05, 0.1) is 6.10 Å². The minimum Gasteiger partial charge on any atom is -0.378 e. The van der Waals surface area contributed by atoms with Crippen LogP contribution >= 0.6 is 0 Å². The highest BCUT2D eigenvalue weighted by atomic mass is 16.5. The Morgan fingerprint density at radius 1 is 1.29 bits per heavy atom. The Bertz CT molecular complexity index is 450. The summed E-state index contributed by atoms with van der Waals surface area (Å²) in [5.41, 5.74) is 1.97. The van der Waals surface area contributed by atoms with Crippen molar-refractivity contribution in [1.29, 1.82) is 0 Å². The van der Waals surface area contributed by atoms with Gasteiger partial charge in [0, 0.05) is 31.7 Å². The van der Waals surface area contributed by atoms with Crippen molar-refractivity contribution >= 4 is 5.78 Å². The summed E-state index contributed by atoms with van der Waals surface area (Å²) in [7, 11) is 0. The molecule has 0 bridgehead atoms. The molecular weight excluding hydrogens is 262 g/mol. The Hall–Kier alpha value is -1.19. The second-order valence-corrected chi connectivity index (χ2v) is 5.84. The Morgan fingerprint density at radius 2 is 2.00 bits per heavy atom. The van der Waals surface area contributed by atoms with Crippen LogP contribution in [0.5, 0.6) is 0 Å². The van der Waals surface area contributed by atoms with E-state index in [4.69, 9.17) is 4.74 Å². The maximum absolute atomic E-state index is 12.2. The number of hydrogen-bond acceptors (Lipinski definition) is 3. The van der Waals surface area contributed by atoms with Crippen LogP contribution in [0, 0.1) is 6.92 Å². The number of likely N-dealkylation sites (tertiary alicyclic amines) is 1. The standard InChI is InChI=1S/C18H27NO2/c1-3-21-16-10-13-19(14-11-16)12-6-9-18(20)17-8-5-4-7-15(17)2/h4-5,7-8,16H,3,6,9-14H2,1-2H3. The number of nitrogens with zero attached hydrogens (tertiary/aromatic N) is 1. The van der Waals surface area contributed by atoms with Crippen molar-refractivity contribution < 1.29 is 9.53 Å². The molecule has 1 saturated heterocycles. The van der Waals surface area contributed by atoms with Gasteiger partial charge in [-0.2, -0.15) is 0 Å². The minimum atomic E-state index is 0.275. The quantitative estimate of drug-likeness (QED) is 0.720. The number of Topliss-reactive ketones (excluding diaryl/α,β-unsaturated/α-hetero) is 1. The summed E-state index contributed by atoms with van der Waals surface area (Å²) in [6.07, 6.45) is 4.29. The fourth-order valence-corrected chi connectivity index (χ4v) is 3.02. The van der Waals surface area contributed by atoms with Gasteiger partial charge in [-0.25, -0.2) is 0 Å². The maximum Gasteiger partial charge on any atom is 0.163 e. The van der Waals surface area contributed by atoms with Crippen molar-refractivity contribution in [2.45, 2.75) is 45.6 Å². The molecule has 116 valence electrons. The Morgan fingerprint density at radius 3 is 2.67 bits per heavy atom. The van der Waals surface area contributed by atoms with Crippen LogP contribution < -0.4 is 0 Å². The van der Waals surface area contributed by atoms with Crippen LogP contribution in [-0.2, 0) is 4.74 Å². The fraction of sp³-hybridized carbons (Fsp3) is 0.611. The molecule has 1 fully saturated rings. The third kappa shape index (κ3) is 4.94. The second kappa shape index (κ2) is 8.30. The molecule has 2 rings (SSSR count). The van der Waals surface area contributed by atoms with Gasteiger partial charge in [-0.05, 0) is 45.2 Å². The molecule has 0 saturated carbocycles. The van der Waals surface area contributed by atoms with Crippen molar-refractivity contribution in [3.05, 3.63) is 35.4 Å². The molecule has 0 unspecified atom stereocenters. The molecule has 3 nitrogen and oxygen atoms in total. The van der Waals surface area contributed by atoms with Crippen LogP contribution in [0.4, 0.5) is 0 Å². The number of hydrogen-bond donors (Lipinski definition) is 0. The summed E-state index contributed by atoms with van der Waals surface area (Å²) in [5.74, 6) is 0.275. The SMILES string of the molecule is CCOC1CCN(CCCC(=O)c2ccccc2C)CC1. The first kappa shape index (κ1) is 16.2. The molecule has 1 heterocycles. The average Bonchev–Trinajstić information content (AvgIpc) is 2.49. The lowest BCUT2D eigenvalue weighted by atomic mass is 10.0. The molecule has 1 aliphatic rings. The molecule has 3 heteroatoms. The van der Waals surface area contributed by atoms with Crippen LogP contribution in [0.1, 0.15) is 48.5 Å². The Kier molecular flexibility index (Phi) is 6.40. The topological polar surface area (TPSA) is 29.5 Å². The maximum atomic E-state index is 12.2. The number of piperidine rings is 1. The molecule has 0 aromatic heterocycles.